The van der Waals surface area contributed by atoms with Crippen LogP contribution in [-0.4, -0.2) is 91.5 Å². The van der Waals surface area contributed by atoms with Crippen LogP contribution in [-0.2, 0) is 34.6 Å². The zero-order valence-corrected chi connectivity index (χ0v) is 27.2. The molecule has 0 saturated carbocycles. The average Bonchev–Trinajstić information content (AvgIpc) is 3.40. The number of nitrogens with zero attached hydrogens (tertiary/aromatic N) is 1. The standard InChI is InChI=1S/C30H37N3O9S3/c1-43(35,36)28-6-3-5-26(17-28)41-21-25(34)19-32-24-18-30(42-20-24)12-14-33(15-13-30)45(39,40)29-7-2-4-23(16-29)22-8-10-27(11-9-22)44(31,37)38/h2-11,16-17,24-25,32,34H,12-15,18-21H2,1H3,(H2,31,37,38)/t24?,25-/m0/s1. The number of piperidine rings is 1. The summed E-state index contributed by atoms with van der Waals surface area (Å²) >= 11 is 0. The van der Waals surface area contributed by atoms with E-state index in [2.05, 4.69) is 5.32 Å². The molecular formula is C30H37N3O9S3. The zero-order chi connectivity index (χ0) is 32.5. The van der Waals surface area contributed by atoms with Crippen LogP contribution in [0, 0.1) is 0 Å². The summed E-state index contributed by atoms with van der Waals surface area (Å²) in [5, 5.41) is 18.9. The minimum atomic E-state index is -3.83. The number of sulfonamides is 2. The van der Waals surface area contributed by atoms with Gasteiger partial charge >= 0.3 is 0 Å². The Morgan fingerprint density at radius 3 is 2.27 bits per heavy atom. The molecule has 15 heteroatoms. The first kappa shape index (κ1) is 33.5. The lowest BCUT2D eigenvalue weighted by Gasteiger charge is -2.38. The smallest absolute Gasteiger partial charge is 0.243 e. The normalized spacial score (nSPS) is 19.8. The number of nitrogens with one attached hydrogen (secondary N) is 1. The van der Waals surface area contributed by atoms with Crippen molar-refractivity contribution in [3.05, 3.63) is 72.8 Å². The van der Waals surface area contributed by atoms with E-state index < -0.39 is 41.6 Å². The number of aliphatic hydroxyl groups is 1. The lowest BCUT2D eigenvalue weighted by Crippen LogP contribution is -2.47. The zero-order valence-electron chi connectivity index (χ0n) is 24.7. The first-order valence-electron chi connectivity index (χ1n) is 14.4. The van der Waals surface area contributed by atoms with E-state index in [-0.39, 0.29) is 33.9 Å². The third kappa shape index (κ3) is 8.10. The molecule has 2 aliphatic rings. The van der Waals surface area contributed by atoms with Crippen molar-refractivity contribution in [1.29, 1.82) is 0 Å². The molecule has 12 nitrogen and oxygen atoms in total. The predicted octanol–water partition coefficient (Wildman–Crippen LogP) is 1.75. The van der Waals surface area contributed by atoms with Gasteiger partial charge in [0.25, 0.3) is 0 Å². The first-order valence-corrected chi connectivity index (χ1v) is 19.2. The maximum atomic E-state index is 13.5. The van der Waals surface area contributed by atoms with Crippen molar-refractivity contribution >= 4 is 29.9 Å². The van der Waals surface area contributed by atoms with E-state index in [1.54, 1.807) is 48.5 Å². The number of hydrogen-bond acceptors (Lipinski definition) is 10. The molecule has 2 fully saturated rings. The van der Waals surface area contributed by atoms with E-state index in [4.69, 9.17) is 14.6 Å². The second kappa shape index (κ2) is 13.1. The van der Waals surface area contributed by atoms with Gasteiger partial charge in [-0.05, 0) is 72.9 Å². The Morgan fingerprint density at radius 1 is 0.933 bits per heavy atom. The predicted molar refractivity (Wildman–Crippen MR) is 167 cm³/mol. The number of ether oxygens (including phenoxy) is 2. The second-order valence-corrected chi connectivity index (χ2v) is 17.0. The number of aliphatic hydroxyl groups excluding tert-OH is 1. The summed E-state index contributed by atoms with van der Waals surface area (Å²) in [7, 11) is -11.0. The molecule has 0 aliphatic carbocycles. The third-order valence-electron chi connectivity index (χ3n) is 8.15. The Labute approximate surface area is 264 Å². The molecular weight excluding hydrogens is 643 g/mol. The highest BCUT2D eigenvalue weighted by Crippen LogP contribution is 2.37. The fourth-order valence-corrected chi connectivity index (χ4v) is 8.29. The monoisotopic (exact) mass is 679 g/mol. The highest BCUT2D eigenvalue weighted by Gasteiger charge is 2.44. The topological polar surface area (TPSA) is 182 Å². The summed E-state index contributed by atoms with van der Waals surface area (Å²) in [5.74, 6) is 0.354. The van der Waals surface area contributed by atoms with Gasteiger partial charge in [-0.2, -0.15) is 4.31 Å². The molecule has 0 radical (unpaired) electrons. The minimum Gasteiger partial charge on any atom is -0.491 e. The van der Waals surface area contributed by atoms with Gasteiger partial charge in [-0.3, -0.25) is 0 Å². The van der Waals surface area contributed by atoms with Gasteiger partial charge in [0, 0.05) is 31.9 Å². The molecule has 0 amide bonds. The quantitative estimate of drug-likeness (QED) is 0.270. The summed E-state index contributed by atoms with van der Waals surface area (Å²) in [6.07, 6.45) is 2.02. The molecule has 45 heavy (non-hydrogen) atoms. The number of sulfone groups is 1. The van der Waals surface area contributed by atoms with Gasteiger partial charge < -0.3 is 19.9 Å². The Hall–Kier alpha value is -2.89. The Morgan fingerprint density at radius 2 is 1.60 bits per heavy atom. The van der Waals surface area contributed by atoms with Crippen molar-refractivity contribution in [2.24, 2.45) is 5.14 Å². The van der Waals surface area contributed by atoms with Gasteiger partial charge in [-0.15, -0.1) is 0 Å². The highest BCUT2D eigenvalue weighted by molar-refractivity contribution is 7.90. The summed E-state index contributed by atoms with van der Waals surface area (Å²) in [4.78, 5) is 0.268. The molecule has 2 atom stereocenters. The van der Waals surface area contributed by atoms with Crippen LogP contribution in [0.15, 0.2) is 87.5 Å². The molecule has 1 unspecified atom stereocenters. The van der Waals surface area contributed by atoms with Crippen LogP contribution < -0.4 is 15.2 Å². The molecule has 1 spiro atoms. The Bertz CT molecular complexity index is 1840. The molecule has 0 aromatic heterocycles. The maximum Gasteiger partial charge on any atom is 0.243 e. The van der Waals surface area contributed by atoms with Crippen molar-refractivity contribution in [2.45, 2.75) is 51.7 Å². The summed E-state index contributed by atoms with van der Waals surface area (Å²) in [6, 6.07) is 18.6. The van der Waals surface area contributed by atoms with Gasteiger partial charge in [0.2, 0.25) is 20.0 Å². The van der Waals surface area contributed by atoms with Crippen LogP contribution in [0.1, 0.15) is 19.3 Å². The van der Waals surface area contributed by atoms with Crippen LogP contribution >= 0.6 is 0 Å². The van der Waals surface area contributed by atoms with Crippen LogP contribution in [0.4, 0.5) is 0 Å². The number of nitrogens with two attached hydrogens (primary N) is 1. The molecule has 0 bridgehead atoms. The molecule has 3 aromatic rings. The van der Waals surface area contributed by atoms with Gasteiger partial charge in [-0.25, -0.2) is 30.4 Å². The average molecular weight is 680 g/mol. The van der Waals surface area contributed by atoms with Gasteiger partial charge in [0.05, 0.1) is 26.9 Å². The van der Waals surface area contributed by atoms with Crippen molar-refractivity contribution in [1.82, 2.24) is 9.62 Å². The van der Waals surface area contributed by atoms with E-state index in [0.717, 1.165) is 6.26 Å². The fourth-order valence-electron chi connectivity index (χ4n) is 5.63. The molecule has 2 heterocycles. The molecule has 2 saturated heterocycles. The maximum absolute atomic E-state index is 13.5. The van der Waals surface area contributed by atoms with Crippen molar-refractivity contribution in [2.75, 3.05) is 39.1 Å². The molecule has 5 rings (SSSR count). The fraction of sp³-hybridized carbons (Fsp3) is 0.400. The largest absolute Gasteiger partial charge is 0.491 e. The van der Waals surface area contributed by atoms with E-state index in [0.29, 0.717) is 55.8 Å². The van der Waals surface area contributed by atoms with E-state index in [9.17, 15) is 30.4 Å². The van der Waals surface area contributed by atoms with Crippen LogP contribution in [0.5, 0.6) is 5.75 Å². The lowest BCUT2D eigenvalue weighted by molar-refractivity contribution is -0.0312. The third-order valence-corrected chi connectivity index (χ3v) is 12.1. The second-order valence-electron chi connectivity index (χ2n) is 11.5. The van der Waals surface area contributed by atoms with E-state index in [1.807, 2.05) is 0 Å². The Balaban J connectivity index is 1.12. The lowest BCUT2D eigenvalue weighted by atomic mass is 9.88. The van der Waals surface area contributed by atoms with Gasteiger partial charge in [0.15, 0.2) is 9.84 Å². The van der Waals surface area contributed by atoms with Crippen LogP contribution in [0.25, 0.3) is 11.1 Å². The summed E-state index contributed by atoms with van der Waals surface area (Å²) in [5.41, 5.74) is 0.839. The number of benzene rings is 3. The number of hydrogen-bond donors (Lipinski definition) is 3. The van der Waals surface area contributed by atoms with E-state index in [1.165, 1.54) is 28.6 Å². The van der Waals surface area contributed by atoms with E-state index >= 15 is 0 Å². The molecule has 244 valence electrons. The number of primary sulfonamides is 1. The molecule has 2 aliphatic heterocycles. The number of rotatable bonds is 11. The molecule has 4 N–H and O–H groups in total. The van der Waals surface area contributed by atoms with Gasteiger partial charge in [-0.1, -0.05) is 30.3 Å². The van der Waals surface area contributed by atoms with Crippen LogP contribution in [0.2, 0.25) is 0 Å². The van der Waals surface area contributed by atoms with Gasteiger partial charge in [0.1, 0.15) is 18.5 Å². The van der Waals surface area contributed by atoms with Crippen molar-refractivity contribution in [3.8, 4) is 16.9 Å². The SMILES string of the molecule is CS(=O)(=O)c1cccc(OC[C@@H](O)CNC2COC3(CCN(S(=O)(=O)c4cccc(-c5ccc(S(N)(=O)=O)cc5)c4)CC3)C2)c1. The van der Waals surface area contributed by atoms with Crippen LogP contribution in [0.3, 0.4) is 0 Å². The minimum absolute atomic E-state index is 0.0197. The van der Waals surface area contributed by atoms with Crippen molar-refractivity contribution in [3.63, 3.8) is 0 Å². The van der Waals surface area contributed by atoms with Crippen molar-refractivity contribution < 1.29 is 39.8 Å². The Kier molecular flexibility index (Phi) is 9.73. The highest BCUT2D eigenvalue weighted by atomic mass is 32.2. The molecule has 3 aromatic carbocycles. The summed E-state index contributed by atoms with van der Waals surface area (Å²) in [6.45, 7) is 1.26. The summed E-state index contributed by atoms with van der Waals surface area (Å²) < 4.78 is 86.9. The first-order chi connectivity index (χ1) is 21.1.